The molecule has 0 aromatic rings. The van der Waals surface area contributed by atoms with Gasteiger partial charge in [-0.25, -0.2) is 0 Å². The molecule has 0 saturated carbocycles. The van der Waals surface area contributed by atoms with Crippen LogP contribution in [0.25, 0.3) is 0 Å². The molecule has 3 atom stereocenters. The molecule has 0 amide bonds. The van der Waals surface area contributed by atoms with E-state index in [-0.39, 0.29) is 6.42 Å². The molecule has 0 aliphatic heterocycles. The highest BCUT2D eigenvalue weighted by Crippen LogP contribution is 2.04. The lowest BCUT2D eigenvalue weighted by molar-refractivity contribution is -0.520. The maximum Gasteiger partial charge on any atom is 0.213 e. The van der Waals surface area contributed by atoms with Gasteiger partial charge in [-0.2, -0.15) is 0 Å². The number of hydrogen-bond donors (Lipinski definition) is 2. The highest BCUT2D eigenvalue weighted by Gasteiger charge is 2.21. The summed E-state index contributed by atoms with van der Waals surface area (Å²) in [5, 5.41) is 27.8. The molecule has 0 aromatic carbocycles. The van der Waals surface area contributed by atoms with Crippen molar-refractivity contribution in [2.24, 2.45) is 0 Å². The molecule has 0 radical (unpaired) electrons. The Morgan fingerprint density at radius 3 is 2.18 bits per heavy atom. The molecular weight excluding hydrogens is 150 g/mol. The summed E-state index contributed by atoms with van der Waals surface area (Å²) in [6.45, 7) is 2.79. The van der Waals surface area contributed by atoms with Crippen LogP contribution in [0.2, 0.25) is 0 Å². The van der Waals surface area contributed by atoms with Crippen LogP contribution >= 0.6 is 0 Å². The van der Waals surface area contributed by atoms with E-state index in [9.17, 15) is 10.1 Å². The van der Waals surface area contributed by atoms with Crippen LogP contribution in [0.5, 0.6) is 0 Å². The van der Waals surface area contributed by atoms with Crippen LogP contribution in [0.4, 0.5) is 0 Å². The van der Waals surface area contributed by atoms with Gasteiger partial charge in [0.25, 0.3) is 0 Å². The lowest BCUT2D eigenvalue weighted by Crippen LogP contribution is -2.29. The molecule has 0 bridgehead atoms. The van der Waals surface area contributed by atoms with Crippen molar-refractivity contribution in [1.29, 1.82) is 0 Å². The summed E-state index contributed by atoms with van der Waals surface area (Å²) in [7, 11) is 0. The van der Waals surface area contributed by atoms with Crippen molar-refractivity contribution in [3.05, 3.63) is 10.1 Å². The fraction of sp³-hybridized carbons (Fsp3) is 1.00. The molecule has 0 spiro atoms. The molecule has 0 saturated heterocycles. The lowest BCUT2D eigenvalue weighted by atomic mass is 10.1. The molecule has 0 aliphatic rings. The van der Waals surface area contributed by atoms with Crippen LogP contribution in [-0.4, -0.2) is 33.4 Å². The van der Waals surface area contributed by atoms with E-state index in [1.165, 1.54) is 13.8 Å². The van der Waals surface area contributed by atoms with E-state index in [0.717, 1.165) is 0 Å². The zero-order valence-corrected chi connectivity index (χ0v) is 6.60. The van der Waals surface area contributed by atoms with E-state index in [1.54, 1.807) is 0 Å². The van der Waals surface area contributed by atoms with Gasteiger partial charge in [0.1, 0.15) is 0 Å². The lowest BCUT2D eigenvalue weighted by Gasteiger charge is -2.13. The second-order valence-electron chi connectivity index (χ2n) is 2.68. The third kappa shape index (κ3) is 3.90. The van der Waals surface area contributed by atoms with Gasteiger partial charge in [-0.3, -0.25) is 10.1 Å². The first-order valence-electron chi connectivity index (χ1n) is 3.44. The van der Waals surface area contributed by atoms with E-state index >= 15 is 0 Å². The largest absolute Gasteiger partial charge is 0.391 e. The summed E-state index contributed by atoms with van der Waals surface area (Å²) >= 11 is 0. The Kier molecular flexibility index (Phi) is 3.99. The Labute approximate surface area is 64.8 Å². The molecule has 11 heavy (non-hydrogen) atoms. The zero-order chi connectivity index (χ0) is 9.02. The van der Waals surface area contributed by atoms with Gasteiger partial charge in [-0.1, -0.05) is 0 Å². The topological polar surface area (TPSA) is 83.6 Å². The van der Waals surface area contributed by atoms with Gasteiger partial charge in [-0.05, 0) is 6.92 Å². The monoisotopic (exact) mass is 163 g/mol. The van der Waals surface area contributed by atoms with E-state index in [0.29, 0.717) is 0 Å². The molecule has 0 heterocycles. The predicted octanol–water partition coefficient (Wildman–Crippen LogP) is -0.217. The summed E-state index contributed by atoms with van der Waals surface area (Å²) in [5.74, 6) is 0. The van der Waals surface area contributed by atoms with Crippen LogP contribution in [0, 0.1) is 10.1 Å². The maximum atomic E-state index is 10.1. The van der Waals surface area contributed by atoms with Gasteiger partial charge >= 0.3 is 0 Å². The number of hydrogen-bond acceptors (Lipinski definition) is 4. The van der Waals surface area contributed by atoms with E-state index in [4.69, 9.17) is 10.2 Å². The molecule has 0 rings (SSSR count). The summed E-state index contributed by atoms with van der Waals surface area (Å²) in [6.07, 6.45) is -1.92. The number of rotatable bonds is 4. The molecular formula is C6H13NO4. The first-order chi connectivity index (χ1) is 4.95. The zero-order valence-electron chi connectivity index (χ0n) is 6.60. The van der Waals surface area contributed by atoms with Crippen molar-refractivity contribution in [2.45, 2.75) is 38.5 Å². The number of nitro groups is 1. The Morgan fingerprint density at radius 1 is 1.45 bits per heavy atom. The second-order valence-corrected chi connectivity index (χ2v) is 2.68. The summed E-state index contributed by atoms with van der Waals surface area (Å²) < 4.78 is 0. The maximum absolute atomic E-state index is 10.1. The van der Waals surface area contributed by atoms with Crippen molar-refractivity contribution in [3.8, 4) is 0 Å². The average molecular weight is 163 g/mol. The van der Waals surface area contributed by atoms with Crippen molar-refractivity contribution < 1.29 is 15.1 Å². The Balaban J connectivity index is 3.75. The van der Waals surface area contributed by atoms with E-state index in [2.05, 4.69) is 0 Å². The first kappa shape index (κ1) is 10.3. The van der Waals surface area contributed by atoms with Gasteiger partial charge < -0.3 is 10.2 Å². The minimum Gasteiger partial charge on any atom is -0.391 e. The van der Waals surface area contributed by atoms with Gasteiger partial charge in [0, 0.05) is 18.3 Å². The van der Waals surface area contributed by atoms with Gasteiger partial charge in [0.2, 0.25) is 6.04 Å². The highest BCUT2D eigenvalue weighted by molar-refractivity contribution is 4.64. The number of aliphatic hydroxyl groups excluding tert-OH is 2. The van der Waals surface area contributed by atoms with Crippen LogP contribution in [0.1, 0.15) is 20.3 Å². The molecule has 2 N–H and O–H groups in total. The molecule has 5 nitrogen and oxygen atoms in total. The number of aliphatic hydroxyl groups is 2. The highest BCUT2D eigenvalue weighted by atomic mass is 16.6. The van der Waals surface area contributed by atoms with Gasteiger partial charge in [0.15, 0.2) is 0 Å². The minimum absolute atomic E-state index is 0.00926. The van der Waals surface area contributed by atoms with Crippen LogP contribution in [0.15, 0.2) is 0 Å². The third-order valence-corrected chi connectivity index (χ3v) is 1.50. The molecule has 3 unspecified atom stereocenters. The molecule has 66 valence electrons. The van der Waals surface area contributed by atoms with E-state index in [1.807, 2.05) is 0 Å². The van der Waals surface area contributed by atoms with Gasteiger partial charge in [0.05, 0.1) is 12.2 Å². The van der Waals surface area contributed by atoms with Crippen LogP contribution < -0.4 is 0 Å². The predicted molar refractivity (Wildman–Crippen MR) is 38.8 cm³/mol. The standard InChI is InChI=1S/C6H13NO4/c1-4(7(10)11)3-6(9)5(2)8/h4-6,8-9H,3H2,1-2H3. The van der Waals surface area contributed by atoms with Crippen molar-refractivity contribution in [1.82, 2.24) is 0 Å². The Morgan fingerprint density at radius 2 is 1.91 bits per heavy atom. The summed E-state index contributed by atoms with van der Waals surface area (Å²) in [5.41, 5.74) is 0. The third-order valence-electron chi connectivity index (χ3n) is 1.50. The van der Waals surface area contributed by atoms with Crippen LogP contribution in [-0.2, 0) is 0 Å². The summed E-state index contributed by atoms with van der Waals surface area (Å²) in [6, 6.07) is -0.806. The molecule has 0 fully saturated rings. The molecule has 0 aromatic heterocycles. The van der Waals surface area contributed by atoms with Gasteiger partial charge in [-0.15, -0.1) is 0 Å². The fourth-order valence-electron chi connectivity index (χ4n) is 0.632. The minimum atomic E-state index is -1.00. The fourth-order valence-corrected chi connectivity index (χ4v) is 0.632. The Bertz CT molecular complexity index is 137. The average Bonchev–Trinajstić information content (AvgIpc) is 1.87. The summed E-state index contributed by atoms with van der Waals surface area (Å²) in [4.78, 5) is 9.59. The Hall–Kier alpha value is -0.680. The second kappa shape index (κ2) is 4.25. The molecule has 5 heteroatoms. The first-order valence-corrected chi connectivity index (χ1v) is 3.44. The van der Waals surface area contributed by atoms with Crippen LogP contribution in [0.3, 0.4) is 0 Å². The van der Waals surface area contributed by atoms with Crippen molar-refractivity contribution >= 4 is 0 Å². The quantitative estimate of drug-likeness (QED) is 0.443. The molecule has 0 aliphatic carbocycles. The number of nitrogens with zero attached hydrogens (tertiary/aromatic N) is 1. The normalized spacial score (nSPS) is 18.9. The SMILES string of the molecule is CC(O)C(O)CC(C)[N+](=O)[O-]. The van der Waals surface area contributed by atoms with E-state index < -0.39 is 23.2 Å². The van der Waals surface area contributed by atoms with Crippen molar-refractivity contribution in [3.63, 3.8) is 0 Å². The van der Waals surface area contributed by atoms with Crippen molar-refractivity contribution in [2.75, 3.05) is 0 Å². The smallest absolute Gasteiger partial charge is 0.213 e.